The van der Waals surface area contributed by atoms with Crippen LogP contribution >= 0.6 is 19.9 Å². The molecule has 0 saturated carbocycles. The fourth-order valence-corrected chi connectivity index (χ4v) is 1.19. The van der Waals surface area contributed by atoms with Crippen molar-refractivity contribution in [3.8, 4) is 0 Å². The third-order valence-corrected chi connectivity index (χ3v) is 1.98. The van der Waals surface area contributed by atoms with Crippen LogP contribution in [0.1, 0.15) is 11.9 Å². The van der Waals surface area contributed by atoms with Gasteiger partial charge in [0.25, 0.3) is 0 Å². The maximum Gasteiger partial charge on any atom is 0.697 e. The minimum absolute atomic E-state index is 0.377. The lowest BCUT2D eigenvalue weighted by molar-refractivity contribution is -0.0207. The molecule has 4 nitrogen and oxygen atoms in total. The van der Waals surface area contributed by atoms with Crippen molar-refractivity contribution in [1.82, 2.24) is 0 Å². The molecule has 0 bridgehead atoms. The molecular formula is C7H7ClO4P+. The normalized spacial score (nSPS) is 13.9. The first-order valence-electron chi connectivity index (χ1n) is 3.36. The Balaban J connectivity index is 2.71. The first kappa shape index (κ1) is 10.6. The van der Waals surface area contributed by atoms with Gasteiger partial charge in [0.05, 0.1) is 0 Å². The summed E-state index contributed by atoms with van der Waals surface area (Å²) in [5, 5.41) is 9.69. The first-order chi connectivity index (χ1) is 6.09. The number of rotatable bonds is 3. The third kappa shape index (κ3) is 3.38. The van der Waals surface area contributed by atoms with Gasteiger partial charge in [-0.2, -0.15) is 0 Å². The number of hydrogen-bond donors (Lipinski definition) is 2. The number of aliphatic hydroxyl groups is 1. The van der Waals surface area contributed by atoms with Gasteiger partial charge in [-0.1, -0.05) is 28.3 Å². The van der Waals surface area contributed by atoms with Crippen LogP contribution in [0.2, 0.25) is 5.02 Å². The van der Waals surface area contributed by atoms with Crippen molar-refractivity contribution >= 4 is 19.9 Å². The van der Waals surface area contributed by atoms with Gasteiger partial charge in [0, 0.05) is 15.2 Å². The molecule has 0 fully saturated rings. The monoisotopic (exact) mass is 221 g/mol. The van der Waals surface area contributed by atoms with E-state index in [1.807, 2.05) is 0 Å². The molecule has 0 amide bonds. The van der Waals surface area contributed by atoms with E-state index in [2.05, 4.69) is 4.52 Å². The summed E-state index contributed by atoms with van der Waals surface area (Å²) < 4.78 is 14.4. The Morgan fingerprint density at radius 1 is 1.38 bits per heavy atom. The molecule has 0 aliphatic heterocycles. The van der Waals surface area contributed by atoms with Crippen molar-refractivity contribution in [2.24, 2.45) is 0 Å². The van der Waals surface area contributed by atoms with Crippen LogP contribution in [0.25, 0.3) is 0 Å². The van der Waals surface area contributed by atoms with Gasteiger partial charge < -0.3 is 5.11 Å². The van der Waals surface area contributed by atoms with Crippen molar-refractivity contribution in [2.45, 2.75) is 6.29 Å². The van der Waals surface area contributed by atoms with E-state index >= 15 is 0 Å². The van der Waals surface area contributed by atoms with E-state index in [-0.39, 0.29) is 0 Å². The van der Waals surface area contributed by atoms with Gasteiger partial charge in [-0.3, -0.25) is 0 Å². The number of benzene rings is 1. The molecule has 2 atom stereocenters. The van der Waals surface area contributed by atoms with Gasteiger partial charge in [0.1, 0.15) is 0 Å². The fraction of sp³-hybridized carbons (Fsp3) is 0.143. The van der Waals surface area contributed by atoms with E-state index in [1.165, 1.54) is 12.1 Å². The SMILES string of the molecule is O=[P+](O)OC(O)c1ccc(Cl)cc1. The van der Waals surface area contributed by atoms with Gasteiger partial charge in [-0.15, -0.1) is 4.89 Å². The van der Waals surface area contributed by atoms with Crippen molar-refractivity contribution in [2.75, 3.05) is 0 Å². The molecule has 0 aliphatic carbocycles. The molecule has 2 unspecified atom stereocenters. The molecule has 6 heteroatoms. The zero-order valence-electron chi connectivity index (χ0n) is 6.42. The van der Waals surface area contributed by atoms with Crippen LogP contribution in [0.3, 0.4) is 0 Å². The van der Waals surface area contributed by atoms with E-state index in [4.69, 9.17) is 16.5 Å². The minimum atomic E-state index is -2.80. The van der Waals surface area contributed by atoms with Gasteiger partial charge in [0.2, 0.25) is 6.29 Å². The maximum absolute atomic E-state index is 10.2. The van der Waals surface area contributed by atoms with E-state index < -0.39 is 14.5 Å². The molecule has 2 N–H and O–H groups in total. The highest BCUT2D eigenvalue weighted by molar-refractivity contribution is 7.32. The lowest BCUT2D eigenvalue weighted by Gasteiger charge is -2.02. The highest BCUT2D eigenvalue weighted by atomic mass is 35.5. The molecule has 0 saturated heterocycles. The molecule has 0 heterocycles. The first-order valence-corrected chi connectivity index (χ1v) is 4.87. The maximum atomic E-state index is 10.2. The Labute approximate surface area is 80.7 Å². The Morgan fingerprint density at radius 3 is 2.38 bits per heavy atom. The average Bonchev–Trinajstić information content (AvgIpc) is 2.04. The van der Waals surface area contributed by atoms with Gasteiger partial charge >= 0.3 is 8.25 Å². The van der Waals surface area contributed by atoms with Crippen LogP contribution < -0.4 is 0 Å². The molecule has 1 aromatic carbocycles. The molecule has 0 spiro atoms. The summed E-state index contributed by atoms with van der Waals surface area (Å²) in [6.45, 7) is 0. The summed E-state index contributed by atoms with van der Waals surface area (Å²) in [4.78, 5) is 8.34. The van der Waals surface area contributed by atoms with E-state index in [1.54, 1.807) is 12.1 Å². The second-order valence-corrected chi connectivity index (χ2v) is 3.37. The molecule has 70 valence electrons. The molecule has 13 heavy (non-hydrogen) atoms. The topological polar surface area (TPSA) is 66.8 Å². The number of halogens is 1. The van der Waals surface area contributed by atoms with Gasteiger partial charge in [-0.25, -0.2) is 0 Å². The number of aliphatic hydroxyl groups excluding tert-OH is 1. The van der Waals surface area contributed by atoms with Crippen molar-refractivity contribution < 1.29 is 19.1 Å². The van der Waals surface area contributed by atoms with Crippen LogP contribution in [-0.2, 0) is 9.09 Å². The minimum Gasteiger partial charge on any atom is -0.361 e. The smallest absolute Gasteiger partial charge is 0.361 e. The molecule has 1 rings (SSSR count). The summed E-state index contributed by atoms with van der Waals surface area (Å²) in [6, 6.07) is 6.11. The second-order valence-electron chi connectivity index (χ2n) is 2.25. The zero-order chi connectivity index (χ0) is 9.84. The standard InChI is InChI=1S/C7H6ClO4P/c8-6-3-1-5(2-4-6)7(9)12-13(10)11/h1-4,7,9H/p+1. The van der Waals surface area contributed by atoms with E-state index in [0.717, 1.165) is 0 Å². The van der Waals surface area contributed by atoms with Crippen LogP contribution in [0.15, 0.2) is 24.3 Å². The highest BCUT2D eigenvalue weighted by Gasteiger charge is 2.21. The molecule has 0 aromatic heterocycles. The lowest BCUT2D eigenvalue weighted by atomic mass is 10.2. The second kappa shape index (κ2) is 4.65. The fourth-order valence-electron chi connectivity index (χ4n) is 0.774. The molecular weight excluding hydrogens is 214 g/mol. The van der Waals surface area contributed by atoms with E-state index in [9.17, 15) is 9.67 Å². The molecule has 0 radical (unpaired) electrons. The van der Waals surface area contributed by atoms with Crippen molar-refractivity contribution in [3.63, 3.8) is 0 Å². The summed E-state index contributed by atoms with van der Waals surface area (Å²) in [7, 11) is -2.80. The molecule has 1 aromatic rings. The Kier molecular flexibility index (Phi) is 3.78. The van der Waals surface area contributed by atoms with Crippen LogP contribution in [0, 0.1) is 0 Å². The van der Waals surface area contributed by atoms with Gasteiger partial charge in [-0.05, 0) is 12.1 Å². The Bertz CT molecular complexity index is 300. The van der Waals surface area contributed by atoms with Crippen LogP contribution in [-0.4, -0.2) is 10.00 Å². The van der Waals surface area contributed by atoms with Crippen molar-refractivity contribution in [3.05, 3.63) is 34.9 Å². The highest BCUT2D eigenvalue weighted by Crippen LogP contribution is 2.26. The van der Waals surface area contributed by atoms with Crippen molar-refractivity contribution in [1.29, 1.82) is 0 Å². The summed E-state index contributed by atoms with van der Waals surface area (Å²) in [5.41, 5.74) is 0.377. The Morgan fingerprint density at radius 2 is 1.92 bits per heavy atom. The van der Waals surface area contributed by atoms with Gasteiger partial charge in [0.15, 0.2) is 0 Å². The predicted molar refractivity (Wildman–Crippen MR) is 47.3 cm³/mol. The number of hydrogen-bond acceptors (Lipinski definition) is 3. The van der Waals surface area contributed by atoms with E-state index in [0.29, 0.717) is 10.6 Å². The summed E-state index contributed by atoms with van der Waals surface area (Å²) in [6.07, 6.45) is -1.40. The average molecular weight is 222 g/mol. The lowest BCUT2D eigenvalue weighted by Crippen LogP contribution is -1.97. The predicted octanol–water partition coefficient (Wildman–Crippen LogP) is 2.00. The largest absolute Gasteiger partial charge is 0.697 e. The Hall–Kier alpha value is -0.510. The quantitative estimate of drug-likeness (QED) is 0.605. The summed E-state index contributed by atoms with van der Waals surface area (Å²) >= 11 is 5.59. The van der Waals surface area contributed by atoms with Crippen LogP contribution in [0.5, 0.6) is 0 Å². The molecule has 0 aliphatic rings. The third-order valence-electron chi connectivity index (χ3n) is 1.35. The zero-order valence-corrected chi connectivity index (χ0v) is 8.07. The van der Waals surface area contributed by atoms with Crippen LogP contribution in [0.4, 0.5) is 0 Å². The summed E-state index contributed by atoms with van der Waals surface area (Å²) in [5.74, 6) is 0.